The Balaban J connectivity index is 0.000000437. The Bertz CT molecular complexity index is 325. The van der Waals surface area contributed by atoms with Gasteiger partial charge in [0.05, 0.1) is 5.56 Å². The Hall–Kier alpha value is -1.55. The van der Waals surface area contributed by atoms with E-state index in [0.717, 1.165) is 13.1 Å². The Morgan fingerprint density at radius 2 is 1.71 bits per heavy atom. The summed E-state index contributed by atoms with van der Waals surface area (Å²) in [5.41, 5.74) is 0.319. The second-order valence-corrected chi connectivity index (χ2v) is 3.33. The van der Waals surface area contributed by atoms with Crippen LogP contribution in [-0.4, -0.2) is 30.6 Å². The Morgan fingerprint density at radius 3 is 2.12 bits per heavy atom. The summed E-state index contributed by atoms with van der Waals surface area (Å²) in [6.07, 6.45) is 0. The molecule has 1 amide bonds. The quantitative estimate of drug-likeness (QED) is 0.749. The van der Waals surface area contributed by atoms with Crippen LogP contribution in [0.1, 0.15) is 31.1 Å². The van der Waals surface area contributed by atoms with Crippen LogP contribution < -0.4 is 10.6 Å². The van der Waals surface area contributed by atoms with Gasteiger partial charge in [0, 0.05) is 6.54 Å². The van der Waals surface area contributed by atoms with E-state index in [-0.39, 0.29) is 11.7 Å². The van der Waals surface area contributed by atoms with Gasteiger partial charge in [0.1, 0.15) is 5.75 Å². The fraction of sp³-hybridized carbons (Fsp3) is 0.462. The van der Waals surface area contributed by atoms with Gasteiger partial charge in [-0.15, -0.1) is 0 Å². The normalized spacial score (nSPS) is 9.12. The summed E-state index contributed by atoms with van der Waals surface area (Å²) in [6, 6.07) is 6.47. The lowest BCUT2D eigenvalue weighted by Gasteiger charge is -2.02. The van der Waals surface area contributed by atoms with Crippen LogP contribution in [-0.2, 0) is 0 Å². The van der Waals surface area contributed by atoms with Gasteiger partial charge in [-0.1, -0.05) is 26.0 Å². The number of benzene rings is 1. The van der Waals surface area contributed by atoms with Crippen LogP contribution in [0, 0.1) is 0 Å². The molecule has 0 bridgehead atoms. The largest absolute Gasteiger partial charge is 0.507 e. The molecule has 0 aliphatic heterocycles. The van der Waals surface area contributed by atoms with Crippen LogP contribution in [0.5, 0.6) is 5.75 Å². The number of hydrogen-bond acceptors (Lipinski definition) is 3. The van der Waals surface area contributed by atoms with Gasteiger partial charge in [-0.05, 0) is 32.1 Å². The molecular weight excluding hydrogens is 216 g/mol. The fourth-order valence-electron chi connectivity index (χ4n) is 1.17. The molecule has 0 aliphatic carbocycles. The zero-order valence-corrected chi connectivity index (χ0v) is 10.8. The van der Waals surface area contributed by atoms with Crippen molar-refractivity contribution >= 4 is 5.91 Å². The van der Waals surface area contributed by atoms with Gasteiger partial charge < -0.3 is 15.7 Å². The molecule has 0 heterocycles. The molecular formula is C13H22N2O2. The zero-order valence-electron chi connectivity index (χ0n) is 10.8. The van der Waals surface area contributed by atoms with Crippen LogP contribution in [0.25, 0.3) is 0 Å². The van der Waals surface area contributed by atoms with E-state index >= 15 is 0 Å². The van der Waals surface area contributed by atoms with Gasteiger partial charge in [-0.25, -0.2) is 0 Å². The Kier molecular flexibility index (Phi) is 8.78. The summed E-state index contributed by atoms with van der Waals surface area (Å²) < 4.78 is 0. The number of phenolic OH excluding ortho intramolecular Hbond substituents is 1. The summed E-state index contributed by atoms with van der Waals surface area (Å²) >= 11 is 0. The number of para-hydroxylation sites is 1. The van der Waals surface area contributed by atoms with Gasteiger partial charge in [-0.2, -0.15) is 0 Å². The summed E-state index contributed by atoms with van der Waals surface area (Å²) in [5, 5.41) is 15.0. The first-order chi connectivity index (χ1) is 8.17. The number of hydrogen-bond donors (Lipinski definition) is 3. The molecule has 0 atom stereocenters. The molecule has 0 unspecified atom stereocenters. The van der Waals surface area contributed by atoms with E-state index in [1.165, 1.54) is 6.07 Å². The van der Waals surface area contributed by atoms with Crippen LogP contribution in [0.3, 0.4) is 0 Å². The number of rotatable bonds is 4. The second-order valence-electron chi connectivity index (χ2n) is 3.33. The highest BCUT2D eigenvalue weighted by Gasteiger charge is 2.07. The average molecular weight is 238 g/mol. The molecule has 1 aromatic rings. The van der Waals surface area contributed by atoms with E-state index in [2.05, 4.69) is 24.5 Å². The maximum Gasteiger partial charge on any atom is 0.255 e. The number of amides is 1. The Morgan fingerprint density at radius 1 is 1.12 bits per heavy atom. The minimum absolute atomic E-state index is 0.0171. The molecule has 4 heteroatoms. The summed E-state index contributed by atoms with van der Waals surface area (Å²) in [6.45, 7) is 8.78. The van der Waals surface area contributed by atoms with Crippen LogP contribution in [0.15, 0.2) is 24.3 Å². The number of carbonyl (C=O) groups excluding carboxylic acids is 1. The smallest absolute Gasteiger partial charge is 0.255 e. The first-order valence-corrected chi connectivity index (χ1v) is 5.94. The maximum absolute atomic E-state index is 11.2. The Labute approximate surface area is 103 Å². The number of nitrogens with one attached hydrogen (secondary N) is 2. The maximum atomic E-state index is 11.2. The third-order valence-electron chi connectivity index (χ3n) is 1.99. The highest BCUT2D eigenvalue weighted by atomic mass is 16.3. The molecule has 96 valence electrons. The van der Waals surface area contributed by atoms with E-state index in [4.69, 9.17) is 0 Å². The van der Waals surface area contributed by atoms with E-state index < -0.39 is 0 Å². The highest BCUT2D eigenvalue weighted by Crippen LogP contribution is 2.14. The molecule has 3 N–H and O–H groups in total. The lowest BCUT2D eigenvalue weighted by molar-refractivity contribution is 0.0953. The summed E-state index contributed by atoms with van der Waals surface area (Å²) in [5.74, 6) is -0.223. The van der Waals surface area contributed by atoms with Crippen molar-refractivity contribution in [1.82, 2.24) is 10.6 Å². The minimum atomic E-state index is -0.240. The molecule has 1 aromatic carbocycles. The topological polar surface area (TPSA) is 61.4 Å². The van der Waals surface area contributed by atoms with Crippen molar-refractivity contribution in [3.05, 3.63) is 29.8 Å². The van der Waals surface area contributed by atoms with Gasteiger partial charge in [0.25, 0.3) is 5.91 Å². The molecule has 17 heavy (non-hydrogen) atoms. The van der Waals surface area contributed by atoms with Crippen molar-refractivity contribution in [2.45, 2.75) is 20.8 Å². The number of carbonyl (C=O) groups is 1. The summed E-state index contributed by atoms with van der Waals surface area (Å²) in [7, 11) is 0. The predicted octanol–water partition coefficient (Wildman–Crippen LogP) is 1.76. The van der Waals surface area contributed by atoms with E-state index in [0.29, 0.717) is 12.1 Å². The number of phenols is 1. The molecule has 0 aromatic heterocycles. The van der Waals surface area contributed by atoms with Gasteiger partial charge in [0.15, 0.2) is 0 Å². The zero-order chi connectivity index (χ0) is 13.1. The molecule has 4 nitrogen and oxygen atoms in total. The van der Waals surface area contributed by atoms with Crippen molar-refractivity contribution in [3.8, 4) is 5.75 Å². The molecule has 0 aliphatic rings. The van der Waals surface area contributed by atoms with Crippen LogP contribution in [0.2, 0.25) is 0 Å². The van der Waals surface area contributed by atoms with Gasteiger partial charge in [0.2, 0.25) is 0 Å². The first-order valence-electron chi connectivity index (χ1n) is 5.94. The van der Waals surface area contributed by atoms with Gasteiger partial charge in [-0.3, -0.25) is 4.79 Å². The number of aromatic hydroxyl groups is 1. The van der Waals surface area contributed by atoms with Crippen molar-refractivity contribution < 1.29 is 9.90 Å². The lowest BCUT2D eigenvalue weighted by atomic mass is 10.2. The second kappa shape index (κ2) is 9.66. The van der Waals surface area contributed by atoms with Crippen LogP contribution >= 0.6 is 0 Å². The third kappa shape index (κ3) is 6.58. The van der Waals surface area contributed by atoms with Gasteiger partial charge >= 0.3 is 0 Å². The first kappa shape index (κ1) is 15.4. The van der Waals surface area contributed by atoms with Crippen molar-refractivity contribution in [2.24, 2.45) is 0 Å². The molecule has 0 fully saturated rings. The standard InChI is InChI=1S/C9H11NO2.C4H11N/c1-2-10-9(12)7-5-3-4-6-8(7)11;1-3-5-4-2/h3-6,11H,2H2,1H3,(H,10,12);5H,3-4H2,1-2H3. The third-order valence-corrected chi connectivity index (χ3v) is 1.99. The van der Waals surface area contributed by atoms with Crippen molar-refractivity contribution in [2.75, 3.05) is 19.6 Å². The van der Waals surface area contributed by atoms with E-state index in [9.17, 15) is 9.90 Å². The van der Waals surface area contributed by atoms with E-state index in [1.54, 1.807) is 18.2 Å². The average Bonchev–Trinajstić information content (AvgIpc) is 2.32. The lowest BCUT2D eigenvalue weighted by Crippen LogP contribution is -2.22. The fourth-order valence-corrected chi connectivity index (χ4v) is 1.17. The highest BCUT2D eigenvalue weighted by molar-refractivity contribution is 5.96. The minimum Gasteiger partial charge on any atom is -0.507 e. The molecule has 1 rings (SSSR count). The molecule has 0 radical (unpaired) electrons. The predicted molar refractivity (Wildman–Crippen MR) is 70.3 cm³/mol. The summed E-state index contributed by atoms with van der Waals surface area (Å²) in [4.78, 5) is 11.2. The van der Waals surface area contributed by atoms with Crippen molar-refractivity contribution in [1.29, 1.82) is 0 Å². The molecule has 0 spiro atoms. The molecule has 0 saturated carbocycles. The van der Waals surface area contributed by atoms with E-state index in [1.807, 2.05) is 6.92 Å². The van der Waals surface area contributed by atoms with Crippen LogP contribution in [0.4, 0.5) is 0 Å². The monoisotopic (exact) mass is 238 g/mol. The molecule has 0 saturated heterocycles. The van der Waals surface area contributed by atoms with Crippen molar-refractivity contribution in [3.63, 3.8) is 0 Å². The SMILES string of the molecule is CCNC(=O)c1ccccc1O.CCNCC.